The minimum Gasteiger partial charge on any atom is -0.457 e. The molecule has 0 saturated carbocycles. The summed E-state index contributed by atoms with van der Waals surface area (Å²) in [5.41, 5.74) is 0.850. The van der Waals surface area contributed by atoms with E-state index in [0.29, 0.717) is 12.6 Å². The summed E-state index contributed by atoms with van der Waals surface area (Å²) >= 11 is 0. The molecule has 0 fully saturated rings. The Kier molecular flexibility index (Phi) is 7.85. The Labute approximate surface area is 133 Å². The molecule has 0 aliphatic heterocycles. The molecule has 0 unspecified atom stereocenters. The van der Waals surface area contributed by atoms with E-state index >= 15 is 0 Å². The summed E-state index contributed by atoms with van der Waals surface area (Å²) < 4.78 is 5.22. The summed E-state index contributed by atoms with van der Waals surface area (Å²) in [5.74, 6) is -0.303. The van der Waals surface area contributed by atoms with Gasteiger partial charge in [-0.3, -0.25) is 0 Å². The highest BCUT2D eigenvalue weighted by molar-refractivity contribution is 5.82. The van der Waals surface area contributed by atoms with Crippen molar-refractivity contribution >= 4 is 5.97 Å². The monoisotopic (exact) mass is 304 g/mol. The Morgan fingerprint density at radius 3 is 2.55 bits per heavy atom. The first kappa shape index (κ1) is 18.4. The second kappa shape index (κ2) is 9.38. The average Bonchev–Trinajstić information content (AvgIpc) is 2.43. The van der Waals surface area contributed by atoms with Gasteiger partial charge in [-0.2, -0.15) is 0 Å². The lowest BCUT2D eigenvalue weighted by molar-refractivity contribution is -0.148. The van der Waals surface area contributed by atoms with Gasteiger partial charge in [-0.15, -0.1) is 0 Å². The van der Waals surface area contributed by atoms with E-state index in [1.54, 1.807) is 0 Å². The molecule has 0 heterocycles. The Morgan fingerprint density at radius 2 is 1.95 bits per heavy atom. The average molecular weight is 304 g/mol. The van der Waals surface area contributed by atoms with Gasteiger partial charge in [0.1, 0.15) is 5.60 Å². The van der Waals surface area contributed by atoms with Crippen LogP contribution in [0.5, 0.6) is 0 Å². The van der Waals surface area contributed by atoms with Crippen LogP contribution in [0, 0.1) is 0 Å². The van der Waals surface area contributed by atoms with Crippen molar-refractivity contribution in [2.45, 2.75) is 38.8 Å². The van der Waals surface area contributed by atoms with Crippen LogP contribution in [-0.4, -0.2) is 37.7 Å². The highest BCUT2D eigenvalue weighted by Gasteiger charge is 2.13. The lowest BCUT2D eigenvalue weighted by Crippen LogP contribution is -2.39. The number of carbonyl (C=O) groups is 1. The van der Waals surface area contributed by atoms with E-state index in [0.717, 1.165) is 13.0 Å². The molecular weight excluding hydrogens is 276 g/mol. The van der Waals surface area contributed by atoms with Gasteiger partial charge in [0, 0.05) is 25.2 Å². The first-order valence-corrected chi connectivity index (χ1v) is 7.72. The summed E-state index contributed by atoms with van der Waals surface area (Å²) in [6.45, 7) is 7.09. The molecule has 4 heteroatoms. The fraction of sp³-hybridized carbons (Fsp3) is 0.500. The maximum Gasteiger partial charge on any atom is 0.330 e. The normalized spacial score (nSPS) is 13.3. The summed E-state index contributed by atoms with van der Waals surface area (Å²) in [4.78, 5) is 11.6. The Balaban J connectivity index is 2.40. The zero-order chi connectivity index (χ0) is 16.4. The number of benzene rings is 1. The van der Waals surface area contributed by atoms with Crippen LogP contribution in [0.3, 0.4) is 0 Å². The zero-order valence-corrected chi connectivity index (χ0v) is 14.1. The van der Waals surface area contributed by atoms with Crippen LogP contribution in [0.25, 0.3) is 0 Å². The van der Waals surface area contributed by atoms with Gasteiger partial charge >= 0.3 is 5.97 Å². The maximum absolute atomic E-state index is 11.6. The predicted octanol–water partition coefficient (Wildman–Crippen LogP) is 2.30. The summed E-state index contributed by atoms with van der Waals surface area (Å²) in [6, 6.07) is 10.7. The molecule has 1 rings (SSSR count). The number of likely N-dealkylation sites (N-methyl/N-ethyl adjacent to an activating group) is 1. The molecule has 1 aromatic carbocycles. The smallest absolute Gasteiger partial charge is 0.330 e. The standard InChI is InChI=1S/C18H28N2O2/c1-18(2,3)22-17(21)11-8-12-20-16(14-19-4)13-15-9-6-5-7-10-15/h5-11,16,19-20H,12-14H2,1-4H3/t16-/m0/s1. The van der Waals surface area contributed by atoms with Gasteiger partial charge in [0.15, 0.2) is 0 Å². The SMILES string of the molecule is CNC[C@H](Cc1ccccc1)NCC=CC(=O)OC(C)(C)C. The summed E-state index contributed by atoms with van der Waals surface area (Å²) in [6.07, 6.45) is 4.24. The number of ether oxygens (including phenoxy) is 1. The predicted molar refractivity (Wildman–Crippen MR) is 90.8 cm³/mol. The number of nitrogens with one attached hydrogen (secondary N) is 2. The lowest BCUT2D eigenvalue weighted by Gasteiger charge is -2.18. The molecule has 0 aliphatic rings. The Bertz CT molecular complexity index is 464. The highest BCUT2D eigenvalue weighted by Crippen LogP contribution is 2.07. The molecule has 0 aliphatic carbocycles. The largest absolute Gasteiger partial charge is 0.457 e. The number of carbonyl (C=O) groups excluding carboxylic acids is 1. The van der Waals surface area contributed by atoms with Crippen molar-refractivity contribution in [1.29, 1.82) is 0 Å². The van der Waals surface area contributed by atoms with E-state index in [4.69, 9.17) is 4.74 Å². The summed E-state index contributed by atoms with van der Waals surface area (Å²) in [7, 11) is 1.94. The fourth-order valence-corrected chi connectivity index (χ4v) is 2.09. The molecule has 0 saturated heterocycles. The van der Waals surface area contributed by atoms with Crippen molar-refractivity contribution in [1.82, 2.24) is 10.6 Å². The van der Waals surface area contributed by atoms with E-state index in [-0.39, 0.29) is 5.97 Å². The van der Waals surface area contributed by atoms with Crippen LogP contribution >= 0.6 is 0 Å². The molecule has 0 bridgehead atoms. The second-order valence-corrected chi connectivity index (χ2v) is 6.29. The molecule has 1 atom stereocenters. The van der Waals surface area contributed by atoms with E-state index in [9.17, 15) is 4.79 Å². The number of hydrogen-bond acceptors (Lipinski definition) is 4. The van der Waals surface area contributed by atoms with Crippen LogP contribution in [-0.2, 0) is 16.0 Å². The number of rotatable bonds is 8. The fourth-order valence-electron chi connectivity index (χ4n) is 2.09. The second-order valence-electron chi connectivity index (χ2n) is 6.29. The Hall–Kier alpha value is -1.65. The number of hydrogen-bond donors (Lipinski definition) is 2. The first-order chi connectivity index (χ1) is 10.4. The highest BCUT2D eigenvalue weighted by atomic mass is 16.6. The third-order valence-electron chi connectivity index (χ3n) is 2.96. The van der Waals surface area contributed by atoms with E-state index < -0.39 is 5.60 Å². The van der Waals surface area contributed by atoms with Gasteiger partial charge in [-0.05, 0) is 39.8 Å². The summed E-state index contributed by atoms with van der Waals surface area (Å²) in [5, 5.41) is 6.62. The number of esters is 1. The van der Waals surface area contributed by atoms with Crippen molar-refractivity contribution in [3.8, 4) is 0 Å². The van der Waals surface area contributed by atoms with Gasteiger partial charge in [0.2, 0.25) is 0 Å². The molecule has 4 nitrogen and oxygen atoms in total. The van der Waals surface area contributed by atoms with Crippen LogP contribution < -0.4 is 10.6 Å². The molecule has 122 valence electrons. The van der Waals surface area contributed by atoms with Crippen molar-refractivity contribution < 1.29 is 9.53 Å². The van der Waals surface area contributed by atoms with Crippen LogP contribution in [0.4, 0.5) is 0 Å². The zero-order valence-electron chi connectivity index (χ0n) is 14.1. The minimum absolute atomic E-state index is 0.303. The third kappa shape index (κ3) is 8.60. The van der Waals surface area contributed by atoms with Crippen LogP contribution in [0.15, 0.2) is 42.5 Å². The molecular formula is C18H28N2O2. The van der Waals surface area contributed by atoms with Crippen LogP contribution in [0.1, 0.15) is 26.3 Å². The van der Waals surface area contributed by atoms with Gasteiger partial charge in [-0.1, -0.05) is 36.4 Å². The molecule has 0 amide bonds. The van der Waals surface area contributed by atoms with Crippen LogP contribution in [0.2, 0.25) is 0 Å². The quantitative estimate of drug-likeness (QED) is 0.571. The van der Waals surface area contributed by atoms with Crippen molar-refractivity contribution in [3.63, 3.8) is 0 Å². The molecule has 1 aromatic rings. The molecule has 0 aromatic heterocycles. The Morgan fingerprint density at radius 1 is 1.27 bits per heavy atom. The molecule has 0 spiro atoms. The van der Waals surface area contributed by atoms with E-state index in [1.807, 2.05) is 52.1 Å². The minimum atomic E-state index is -0.448. The van der Waals surface area contributed by atoms with Gasteiger partial charge in [0.05, 0.1) is 0 Å². The van der Waals surface area contributed by atoms with Crippen molar-refractivity contribution in [2.24, 2.45) is 0 Å². The maximum atomic E-state index is 11.6. The van der Waals surface area contributed by atoms with Crippen molar-refractivity contribution in [3.05, 3.63) is 48.0 Å². The third-order valence-corrected chi connectivity index (χ3v) is 2.96. The molecule has 2 N–H and O–H groups in total. The van der Waals surface area contributed by atoms with Gasteiger partial charge in [-0.25, -0.2) is 4.79 Å². The first-order valence-electron chi connectivity index (χ1n) is 7.72. The molecule has 22 heavy (non-hydrogen) atoms. The van der Waals surface area contributed by atoms with E-state index in [2.05, 4.69) is 22.8 Å². The molecule has 0 radical (unpaired) electrons. The topological polar surface area (TPSA) is 50.4 Å². The van der Waals surface area contributed by atoms with Crippen molar-refractivity contribution in [2.75, 3.05) is 20.1 Å². The lowest BCUT2D eigenvalue weighted by atomic mass is 10.1. The van der Waals surface area contributed by atoms with Gasteiger partial charge in [0.25, 0.3) is 0 Å². The van der Waals surface area contributed by atoms with Gasteiger partial charge < -0.3 is 15.4 Å². The van der Waals surface area contributed by atoms with E-state index in [1.165, 1.54) is 11.6 Å².